The van der Waals surface area contributed by atoms with Gasteiger partial charge in [0.05, 0.1) is 18.2 Å². The molecular weight excluding hydrogens is 268 g/mol. The molecule has 2 rings (SSSR count). The van der Waals surface area contributed by atoms with Crippen molar-refractivity contribution < 1.29 is 17.6 Å². The van der Waals surface area contributed by atoms with Crippen molar-refractivity contribution in [2.75, 3.05) is 13.7 Å². The van der Waals surface area contributed by atoms with E-state index in [-0.39, 0.29) is 11.2 Å². The first kappa shape index (κ1) is 14.5. The van der Waals surface area contributed by atoms with Gasteiger partial charge >= 0.3 is 0 Å². The molecular formula is C12H20N2O4S. The fourth-order valence-corrected chi connectivity index (χ4v) is 3.54. The number of rotatable bonds is 5. The Hall–Kier alpha value is -0.890. The normalized spacial score (nSPS) is 27.8. The molecule has 108 valence electrons. The summed E-state index contributed by atoms with van der Waals surface area (Å²) < 4.78 is 38.0. The van der Waals surface area contributed by atoms with Gasteiger partial charge in [0.25, 0.3) is 10.0 Å². The van der Waals surface area contributed by atoms with Crippen molar-refractivity contribution in [1.29, 1.82) is 0 Å². The topological polar surface area (TPSA) is 80.6 Å². The van der Waals surface area contributed by atoms with Gasteiger partial charge in [0, 0.05) is 6.61 Å². The van der Waals surface area contributed by atoms with E-state index < -0.39 is 15.6 Å². The van der Waals surface area contributed by atoms with E-state index in [0.29, 0.717) is 25.3 Å². The quantitative estimate of drug-likeness (QED) is 0.839. The van der Waals surface area contributed by atoms with Crippen LogP contribution in [0.2, 0.25) is 0 Å². The van der Waals surface area contributed by atoms with Gasteiger partial charge in [-0.25, -0.2) is 8.42 Å². The third-order valence-electron chi connectivity index (χ3n) is 3.51. The van der Waals surface area contributed by atoms with Crippen molar-refractivity contribution in [3.05, 3.63) is 17.9 Å². The molecule has 1 aliphatic rings. The van der Waals surface area contributed by atoms with Crippen LogP contribution in [0.25, 0.3) is 0 Å². The van der Waals surface area contributed by atoms with Crippen LogP contribution >= 0.6 is 0 Å². The number of nitrogens with one attached hydrogen (secondary N) is 2. The molecule has 2 unspecified atom stereocenters. The van der Waals surface area contributed by atoms with E-state index in [0.717, 1.165) is 0 Å². The van der Waals surface area contributed by atoms with Crippen LogP contribution in [0.4, 0.5) is 0 Å². The Balaban J connectivity index is 2.17. The lowest BCUT2D eigenvalue weighted by Crippen LogP contribution is -2.50. The first-order chi connectivity index (χ1) is 8.87. The summed E-state index contributed by atoms with van der Waals surface area (Å²) in [6.07, 6.45) is 0.492. The van der Waals surface area contributed by atoms with Gasteiger partial charge in [-0.2, -0.15) is 4.72 Å². The molecule has 0 saturated carbocycles. The van der Waals surface area contributed by atoms with Crippen LogP contribution < -0.4 is 10.0 Å². The molecule has 0 aliphatic carbocycles. The first-order valence-corrected chi connectivity index (χ1v) is 7.74. The monoisotopic (exact) mass is 288 g/mol. The summed E-state index contributed by atoms with van der Waals surface area (Å²) in [4.78, 5) is 0. The molecule has 0 aromatic carbocycles. The maximum atomic E-state index is 12.3. The highest BCUT2D eigenvalue weighted by atomic mass is 32.2. The van der Waals surface area contributed by atoms with Gasteiger partial charge in [0.15, 0.2) is 0 Å². The van der Waals surface area contributed by atoms with Crippen molar-refractivity contribution in [1.82, 2.24) is 10.0 Å². The average Bonchev–Trinajstić information content (AvgIpc) is 2.88. The summed E-state index contributed by atoms with van der Waals surface area (Å²) in [5, 5.41) is 2.85. The Bertz CT molecular complexity index is 540. The first-order valence-electron chi connectivity index (χ1n) is 6.26. The second-order valence-corrected chi connectivity index (χ2v) is 6.65. The van der Waals surface area contributed by atoms with E-state index in [1.165, 1.54) is 6.07 Å². The zero-order chi connectivity index (χ0) is 14.1. The van der Waals surface area contributed by atoms with Gasteiger partial charge in [-0.05, 0) is 39.4 Å². The summed E-state index contributed by atoms with van der Waals surface area (Å²) in [5.74, 6) is 0.587. The predicted octanol–water partition coefficient (Wildman–Crippen LogP) is 0.845. The van der Waals surface area contributed by atoms with Crippen LogP contribution in [-0.2, 0) is 21.3 Å². The molecule has 1 aromatic rings. The van der Waals surface area contributed by atoms with Crippen molar-refractivity contribution in [2.45, 2.75) is 43.5 Å². The smallest absolute Gasteiger partial charge is 0.274 e. The average molecular weight is 288 g/mol. The Morgan fingerprint density at radius 3 is 2.79 bits per heavy atom. The number of hydrogen-bond acceptors (Lipinski definition) is 5. The van der Waals surface area contributed by atoms with Gasteiger partial charge in [0.2, 0.25) is 5.09 Å². The van der Waals surface area contributed by atoms with Gasteiger partial charge in [0.1, 0.15) is 5.76 Å². The fraction of sp³-hybridized carbons (Fsp3) is 0.667. The van der Waals surface area contributed by atoms with E-state index in [4.69, 9.17) is 9.15 Å². The molecule has 2 N–H and O–H groups in total. The van der Waals surface area contributed by atoms with Gasteiger partial charge in [-0.1, -0.05) is 0 Å². The van der Waals surface area contributed by atoms with Crippen molar-refractivity contribution in [2.24, 2.45) is 0 Å². The molecule has 2 atom stereocenters. The highest BCUT2D eigenvalue weighted by Crippen LogP contribution is 2.27. The molecule has 1 fully saturated rings. The third kappa shape index (κ3) is 3.00. The lowest BCUT2D eigenvalue weighted by molar-refractivity contribution is 0.0956. The lowest BCUT2D eigenvalue weighted by Gasteiger charge is -2.27. The number of furan rings is 1. The largest absolute Gasteiger partial charge is 0.447 e. The van der Waals surface area contributed by atoms with Crippen LogP contribution in [0.5, 0.6) is 0 Å². The Morgan fingerprint density at radius 1 is 1.47 bits per heavy atom. The Kier molecular flexibility index (Phi) is 4.00. The molecule has 7 heteroatoms. The van der Waals surface area contributed by atoms with E-state index >= 15 is 0 Å². The molecule has 6 nitrogen and oxygen atoms in total. The van der Waals surface area contributed by atoms with Crippen molar-refractivity contribution >= 4 is 10.0 Å². The van der Waals surface area contributed by atoms with E-state index in [1.54, 1.807) is 13.1 Å². The second kappa shape index (κ2) is 5.24. The van der Waals surface area contributed by atoms with Crippen molar-refractivity contribution in [3.8, 4) is 0 Å². The zero-order valence-electron chi connectivity index (χ0n) is 11.4. The number of ether oxygens (including phenoxy) is 1. The van der Waals surface area contributed by atoms with Crippen LogP contribution in [0, 0.1) is 0 Å². The molecule has 1 aliphatic heterocycles. The molecule has 1 saturated heterocycles. The minimum Gasteiger partial charge on any atom is -0.447 e. The van der Waals surface area contributed by atoms with E-state index in [9.17, 15) is 8.42 Å². The summed E-state index contributed by atoms with van der Waals surface area (Å²) in [5.41, 5.74) is -0.588. The second-order valence-electron chi connectivity index (χ2n) is 5.04. The predicted molar refractivity (Wildman–Crippen MR) is 70.2 cm³/mol. The molecule has 2 heterocycles. The molecule has 0 radical (unpaired) electrons. The summed E-state index contributed by atoms with van der Waals surface area (Å²) in [7, 11) is -1.89. The highest BCUT2D eigenvalue weighted by molar-refractivity contribution is 7.89. The maximum Gasteiger partial charge on any atom is 0.274 e. The van der Waals surface area contributed by atoms with Crippen LogP contribution in [-0.4, -0.2) is 33.7 Å². The number of hydrogen-bond donors (Lipinski definition) is 2. The number of sulfonamides is 1. The van der Waals surface area contributed by atoms with Gasteiger partial charge in [-0.3, -0.25) is 0 Å². The van der Waals surface area contributed by atoms with Gasteiger partial charge < -0.3 is 14.5 Å². The molecule has 0 bridgehead atoms. The fourth-order valence-electron chi connectivity index (χ4n) is 2.10. The van der Waals surface area contributed by atoms with Crippen LogP contribution in [0.15, 0.2) is 21.6 Å². The summed E-state index contributed by atoms with van der Waals surface area (Å²) in [6, 6.07) is 3.13. The summed E-state index contributed by atoms with van der Waals surface area (Å²) >= 11 is 0. The van der Waals surface area contributed by atoms with Crippen molar-refractivity contribution in [3.63, 3.8) is 0 Å². The highest BCUT2D eigenvalue weighted by Gasteiger charge is 2.41. The zero-order valence-corrected chi connectivity index (χ0v) is 12.2. The standard InChI is InChI=1S/C12H20N2O4S/c1-9-12(2,6-7-17-9)14-19(15,16)11-5-4-10(18-11)8-13-3/h4-5,9,13-14H,6-8H2,1-3H3. The van der Waals surface area contributed by atoms with E-state index in [1.807, 2.05) is 13.8 Å². The third-order valence-corrected chi connectivity index (χ3v) is 4.99. The molecule has 19 heavy (non-hydrogen) atoms. The molecule has 1 aromatic heterocycles. The van der Waals surface area contributed by atoms with Gasteiger partial charge in [-0.15, -0.1) is 0 Å². The minimum absolute atomic E-state index is 0.0573. The summed E-state index contributed by atoms with van der Waals surface area (Å²) in [6.45, 7) is 4.76. The van der Waals surface area contributed by atoms with Crippen LogP contribution in [0.3, 0.4) is 0 Å². The molecule has 0 amide bonds. The van der Waals surface area contributed by atoms with E-state index in [2.05, 4.69) is 10.0 Å². The lowest BCUT2D eigenvalue weighted by atomic mass is 9.97. The molecule has 0 spiro atoms. The Labute approximate surface area is 113 Å². The Morgan fingerprint density at radius 2 is 2.21 bits per heavy atom. The minimum atomic E-state index is -3.66. The van der Waals surface area contributed by atoms with Crippen LogP contribution in [0.1, 0.15) is 26.0 Å². The maximum absolute atomic E-state index is 12.3. The SMILES string of the molecule is CNCc1ccc(S(=O)(=O)NC2(C)CCOC2C)o1.